The Labute approximate surface area is 225 Å². The second-order valence-corrected chi connectivity index (χ2v) is 11.9. The number of aryl methyl sites for hydroxylation is 1. The molecule has 0 radical (unpaired) electrons. The predicted octanol–water partition coefficient (Wildman–Crippen LogP) is 10.00. The van der Waals surface area contributed by atoms with E-state index in [-0.39, 0.29) is 0 Å². The van der Waals surface area contributed by atoms with Gasteiger partial charge in [0.25, 0.3) is 0 Å². The molecule has 5 rings (SSSR count). The second-order valence-electron chi connectivity index (χ2n) is 10.2. The predicted molar refractivity (Wildman–Crippen MR) is 159 cm³/mol. The fraction of sp³-hybridized carbons (Fsp3) is 0.303. The third-order valence-corrected chi connectivity index (χ3v) is 8.80. The van der Waals surface area contributed by atoms with Crippen LogP contribution in [0.3, 0.4) is 0 Å². The number of hydrogen-bond donors (Lipinski definition) is 0. The lowest BCUT2D eigenvalue weighted by Crippen LogP contribution is -2.02. The Balaban J connectivity index is 1.34. The van der Waals surface area contributed by atoms with Crippen molar-refractivity contribution in [3.8, 4) is 0 Å². The quantitative estimate of drug-likeness (QED) is 0.210. The molecule has 0 bridgehead atoms. The van der Waals surface area contributed by atoms with Gasteiger partial charge in [0.1, 0.15) is 0 Å². The average molecular weight is 512 g/mol. The molecule has 1 heterocycles. The van der Waals surface area contributed by atoms with Gasteiger partial charge in [0.2, 0.25) is 0 Å². The SMILES string of the molecule is CC(C)c1ccccc1CCC(SCC1CC1)c1cccc(/C=C/c2ccc3ccc(Cl)cc3n2)c1. The standard InChI is InChI=1S/C33H34ClNS/c1-23(2)31-9-4-3-7-26(31)15-19-33(36-22-25-10-11-25)28-8-5-6-24(20-28)12-17-30-18-14-27-13-16-29(34)21-32(27)35-30/h3-9,12-14,16-18,20-21,23,25,33H,10-11,15,19,22H2,1-2H3/b17-12+. The van der Waals surface area contributed by atoms with Gasteiger partial charge in [-0.1, -0.05) is 92.2 Å². The first kappa shape index (κ1) is 25.1. The van der Waals surface area contributed by atoms with E-state index in [4.69, 9.17) is 16.6 Å². The Hall–Kier alpha value is -2.55. The van der Waals surface area contributed by atoms with E-state index in [0.29, 0.717) is 11.2 Å². The molecular formula is C33H34ClNS. The van der Waals surface area contributed by atoms with Gasteiger partial charge in [0.15, 0.2) is 0 Å². The molecule has 1 fully saturated rings. The fourth-order valence-corrected chi connectivity index (χ4v) is 6.37. The van der Waals surface area contributed by atoms with Gasteiger partial charge < -0.3 is 0 Å². The zero-order chi connectivity index (χ0) is 24.9. The van der Waals surface area contributed by atoms with Gasteiger partial charge in [-0.05, 0) is 89.8 Å². The van der Waals surface area contributed by atoms with E-state index in [9.17, 15) is 0 Å². The maximum absolute atomic E-state index is 6.17. The molecule has 0 saturated heterocycles. The summed E-state index contributed by atoms with van der Waals surface area (Å²) >= 11 is 8.32. The minimum Gasteiger partial charge on any atom is -0.248 e. The third kappa shape index (κ3) is 6.60. The van der Waals surface area contributed by atoms with Crippen molar-refractivity contribution < 1.29 is 0 Å². The van der Waals surface area contributed by atoms with Gasteiger partial charge in [0, 0.05) is 15.7 Å². The summed E-state index contributed by atoms with van der Waals surface area (Å²) in [6, 6.07) is 28.1. The van der Waals surface area contributed by atoms with Gasteiger partial charge in [0.05, 0.1) is 11.2 Å². The average Bonchev–Trinajstić information content (AvgIpc) is 3.72. The van der Waals surface area contributed by atoms with Crippen LogP contribution in [0.2, 0.25) is 5.02 Å². The molecule has 1 aromatic heterocycles. The molecule has 0 N–H and O–H groups in total. The molecule has 1 nitrogen and oxygen atoms in total. The van der Waals surface area contributed by atoms with E-state index >= 15 is 0 Å². The highest BCUT2D eigenvalue weighted by Crippen LogP contribution is 2.41. The van der Waals surface area contributed by atoms with Crippen molar-refractivity contribution in [2.24, 2.45) is 5.92 Å². The smallest absolute Gasteiger partial charge is 0.0724 e. The lowest BCUT2D eigenvalue weighted by Gasteiger charge is -2.19. The van der Waals surface area contributed by atoms with Crippen LogP contribution in [0.15, 0.2) is 78.9 Å². The van der Waals surface area contributed by atoms with Crippen LogP contribution in [0.1, 0.15) is 72.2 Å². The van der Waals surface area contributed by atoms with Gasteiger partial charge in [-0.3, -0.25) is 0 Å². The normalized spacial score (nSPS) is 14.7. The molecule has 1 aliphatic rings. The van der Waals surface area contributed by atoms with Crippen molar-refractivity contribution in [2.45, 2.75) is 50.7 Å². The summed E-state index contributed by atoms with van der Waals surface area (Å²) in [6.07, 6.45) is 9.39. The molecule has 4 aromatic rings. The van der Waals surface area contributed by atoms with Crippen molar-refractivity contribution in [3.63, 3.8) is 0 Å². The lowest BCUT2D eigenvalue weighted by molar-refractivity contribution is 0.770. The van der Waals surface area contributed by atoms with E-state index in [2.05, 4.69) is 98.4 Å². The molecule has 184 valence electrons. The number of halogens is 1. The number of aromatic nitrogens is 1. The first-order valence-electron chi connectivity index (χ1n) is 13.1. The highest BCUT2D eigenvalue weighted by molar-refractivity contribution is 7.99. The Morgan fingerprint density at radius 3 is 2.61 bits per heavy atom. The maximum atomic E-state index is 6.17. The largest absolute Gasteiger partial charge is 0.248 e. The summed E-state index contributed by atoms with van der Waals surface area (Å²) in [6.45, 7) is 4.60. The summed E-state index contributed by atoms with van der Waals surface area (Å²) in [5.41, 5.74) is 7.52. The van der Waals surface area contributed by atoms with Gasteiger partial charge in [-0.25, -0.2) is 4.98 Å². The molecule has 36 heavy (non-hydrogen) atoms. The van der Waals surface area contributed by atoms with Gasteiger partial charge in [-0.15, -0.1) is 0 Å². The van der Waals surface area contributed by atoms with Crippen LogP contribution in [0.4, 0.5) is 0 Å². The molecule has 1 unspecified atom stereocenters. The van der Waals surface area contributed by atoms with Crippen molar-refractivity contribution in [1.82, 2.24) is 4.98 Å². The third-order valence-electron chi connectivity index (χ3n) is 6.99. The minimum absolute atomic E-state index is 0.514. The Kier molecular flexibility index (Phi) is 8.14. The summed E-state index contributed by atoms with van der Waals surface area (Å²) in [7, 11) is 0. The van der Waals surface area contributed by atoms with E-state index in [1.54, 1.807) is 0 Å². The van der Waals surface area contributed by atoms with Crippen LogP contribution in [-0.4, -0.2) is 10.7 Å². The van der Waals surface area contributed by atoms with Crippen molar-refractivity contribution in [1.29, 1.82) is 0 Å². The number of rotatable bonds is 10. The molecular weight excluding hydrogens is 478 g/mol. The van der Waals surface area contributed by atoms with Gasteiger partial charge in [-0.2, -0.15) is 11.8 Å². The van der Waals surface area contributed by atoms with Crippen LogP contribution in [-0.2, 0) is 6.42 Å². The summed E-state index contributed by atoms with van der Waals surface area (Å²) in [5.74, 6) is 2.77. The Bertz CT molecular complexity index is 1350. The van der Waals surface area contributed by atoms with Crippen LogP contribution in [0.25, 0.3) is 23.1 Å². The number of benzene rings is 3. The van der Waals surface area contributed by atoms with Crippen molar-refractivity contribution in [2.75, 3.05) is 5.75 Å². The van der Waals surface area contributed by atoms with Crippen LogP contribution in [0, 0.1) is 5.92 Å². The topological polar surface area (TPSA) is 12.9 Å². The highest BCUT2D eigenvalue weighted by atomic mass is 35.5. The van der Waals surface area contributed by atoms with Gasteiger partial charge >= 0.3 is 0 Å². The van der Waals surface area contributed by atoms with Crippen molar-refractivity contribution >= 4 is 46.4 Å². The minimum atomic E-state index is 0.514. The molecule has 3 aromatic carbocycles. The first-order valence-corrected chi connectivity index (χ1v) is 14.5. The molecule has 1 atom stereocenters. The fourth-order valence-electron chi connectivity index (χ4n) is 4.74. The molecule has 0 spiro atoms. The van der Waals surface area contributed by atoms with E-state index in [1.165, 1.54) is 47.3 Å². The number of thioether (sulfide) groups is 1. The van der Waals surface area contributed by atoms with E-state index in [0.717, 1.165) is 34.0 Å². The molecule has 1 saturated carbocycles. The number of fused-ring (bicyclic) bond motifs is 1. The van der Waals surface area contributed by atoms with Crippen LogP contribution in [0.5, 0.6) is 0 Å². The molecule has 0 aliphatic heterocycles. The summed E-state index contributed by atoms with van der Waals surface area (Å²) in [4.78, 5) is 4.77. The maximum Gasteiger partial charge on any atom is 0.0724 e. The van der Waals surface area contributed by atoms with Crippen molar-refractivity contribution in [3.05, 3.63) is 112 Å². The zero-order valence-corrected chi connectivity index (χ0v) is 22.7. The number of nitrogens with zero attached hydrogens (tertiary/aromatic N) is 1. The van der Waals surface area contributed by atoms with Crippen LogP contribution < -0.4 is 0 Å². The lowest BCUT2D eigenvalue weighted by atomic mass is 9.93. The van der Waals surface area contributed by atoms with Crippen LogP contribution >= 0.6 is 23.4 Å². The Morgan fingerprint density at radius 2 is 1.78 bits per heavy atom. The van der Waals surface area contributed by atoms with E-state index in [1.807, 2.05) is 18.2 Å². The monoisotopic (exact) mass is 511 g/mol. The summed E-state index contributed by atoms with van der Waals surface area (Å²) in [5, 5.41) is 2.34. The molecule has 0 amide bonds. The number of pyridine rings is 1. The first-order chi connectivity index (χ1) is 17.5. The molecule has 3 heteroatoms. The number of hydrogen-bond acceptors (Lipinski definition) is 2. The molecule has 1 aliphatic carbocycles. The second kappa shape index (κ2) is 11.7. The highest BCUT2D eigenvalue weighted by Gasteiger charge is 2.24. The Morgan fingerprint density at radius 1 is 0.944 bits per heavy atom. The summed E-state index contributed by atoms with van der Waals surface area (Å²) < 4.78 is 0. The van der Waals surface area contributed by atoms with E-state index < -0.39 is 0 Å². The zero-order valence-electron chi connectivity index (χ0n) is 21.2.